The Bertz CT molecular complexity index is 1530. The number of rotatable bonds is 7. The Labute approximate surface area is 223 Å². The third-order valence-corrected chi connectivity index (χ3v) is 6.78. The van der Waals surface area contributed by atoms with Crippen LogP contribution in [0.3, 0.4) is 0 Å². The van der Waals surface area contributed by atoms with Gasteiger partial charge in [-0.05, 0) is 83.1 Å². The number of nitrogens with one attached hydrogen (secondary N) is 1. The van der Waals surface area contributed by atoms with E-state index in [2.05, 4.69) is 28.5 Å². The number of aliphatic imine (C=N–C) groups is 1. The van der Waals surface area contributed by atoms with Gasteiger partial charge in [0.1, 0.15) is 12.4 Å². The fraction of sp³-hybridized carbons (Fsp3) is 0.103. The zero-order valence-electron chi connectivity index (χ0n) is 19.8. The van der Waals surface area contributed by atoms with Gasteiger partial charge in [0.2, 0.25) is 0 Å². The Morgan fingerprint density at radius 3 is 2.62 bits per heavy atom. The summed E-state index contributed by atoms with van der Waals surface area (Å²) < 4.78 is 25.1. The molecule has 1 fully saturated rings. The van der Waals surface area contributed by atoms with Crippen molar-refractivity contribution in [1.29, 1.82) is 0 Å². The van der Waals surface area contributed by atoms with Crippen LogP contribution in [0.5, 0.6) is 11.5 Å². The molecule has 5 rings (SSSR count). The molecule has 0 aromatic heterocycles. The van der Waals surface area contributed by atoms with Crippen LogP contribution in [-0.2, 0) is 11.4 Å². The van der Waals surface area contributed by atoms with Crippen molar-refractivity contribution in [2.75, 3.05) is 6.61 Å². The lowest BCUT2D eigenvalue weighted by Gasteiger charge is -2.15. The first-order valence-corrected chi connectivity index (χ1v) is 12.8. The molecule has 0 aliphatic carbocycles. The molecular weight excluding hydrogens is 511 g/mol. The molecule has 0 atom stereocenters. The molecule has 0 unspecified atom stereocenters. The molecule has 1 saturated heterocycles. The quantitative estimate of drug-likeness (QED) is 0.250. The summed E-state index contributed by atoms with van der Waals surface area (Å²) in [5, 5.41) is 5.77. The van der Waals surface area contributed by atoms with Crippen molar-refractivity contribution in [3.8, 4) is 11.5 Å². The molecule has 5 nitrogen and oxygen atoms in total. The first-order chi connectivity index (χ1) is 18.0. The smallest absolute Gasteiger partial charge is 0.264 e. The van der Waals surface area contributed by atoms with Gasteiger partial charge in [0, 0.05) is 0 Å². The number of ether oxygens (including phenoxy) is 2. The first kappa shape index (κ1) is 24.9. The Kier molecular flexibility index (Phi) is 7.44. The first-order valence-electron chi connectivity index (χ1n) is 11.6. The highest BCUT2D eigenvalue weighted by Gasteiger charge is 2.24. The molecule has 1 heterocycles. The molecule has 0 saturated carbocycles. The van der Waals surface area contributed by atoms with Gasteiger partial charge in [-0.3, -0.25) is 4.79 Å². The van der Waals surface area contributed by atoms with Crippen LogP contribution in [0, 0.1) is 5.82 Å². The van der Waals surface area contributed by atoms with E-state index >= 15 is 0 Å². The Balaban J connectivity index is 1.38. The summed E-state index contributed by atoms with van der Waals surface area (Å²) in [5.41, 5.74) is 2.27. The topological polar surface area (TPSA) is 59.9 Å². The minimum atomic E-state index is -0.348. The molecule has 4 aromatic rings. The van der Waals surface area contributed by atoms with Gasteiger partial charge in [0.15, 0.2) is 16.7 Å². The number of amides is 1. The third kappa shape index (κ3) is 5.79. The number of carbonyl (C=O) groups excluding carboxylic acids is 1. The Hall–Kier alpha value is -3.81. The SMILES string of the molecule is CCOc1cc(/C=C2/SC(=Nc3ccc(F)cc3)NC2=O)cc(Cl)c1OCc1cccc2ccccc12. The van der Waals surface area contributed by atoms with Gasteiger partial charge in [0.05, 0.1) is 22.2 Å². The molecular formula is C29H22ClFN2O3S. The predicted molar refractivity (Wildman–Crippen MR) is 148 cm³/mol. The minimum absolute atomic E-state index is 0.281. The normalized spacial score (nSPS) is 15.4. The lowest BCUT2D eigenvalue weighted by molar-refractivity contribution is -0.115. The number of nitrogens with zero attached hydrogens (tertiary/aromatic N) is 1. The summed E-state index contributed by atoms with van der Waals surface area (Å²) in [6.07, 6.45) is 1.72. The summed E-state index contributed by atoms with van der Waals surface area (Å²) >= 11 is 7.82. The molecule has 0 radical (unpaired) electrons. The third-order valence-electron chi connectivity index (χ3n) is 5.59. The number of hydrogen-bond donors (Lipinski definition) is 1. The highest BCUT2D eigenvalue weighted by Crippen LogP contribution is 2.39. The summed E-state index contributed by atoms with van der Waals surface area (Å²) in [4.78, 5) is 17.3. The molecule has 1 amide bonds. The second-order valence-electron chi connectivity index (χ2n) is 8.15. The fourth-order valence-electron chi connectivity index (χ4n) is 3.91. The maximum atomic E-state index is 13.1. The maximum absolute atomic E-state index is 13.1. The van der Waals surface area contributed by atoms with Crippen molar-refractivity contribution in [2.45, 2.75) is 13.5 Å². The molecule has 0 spiro atoms. The Morgan fingerprint density at radius 1 is 1.03 bits per heavy atom. The molecule has 37 heavy (non-hydrogen) atoms. The van der Waals surface area contributed by atoms with Gasteiger partial charge < -0.3 is 14.8 Å². The van der Waals surface area contributed by atoms with E-state index in [0.717, 1.165) is 16.3 Å². The number of benzene rings is 4. The van der Waals surface area contributed by atoms with Crippen molar-refractivity contribution in [3.05, 3.63) is 106 Å². The van der Waals surface area contributed by atoms with E-state index in [9.17, 15) is 9.18 Å². The van der Waals surface area contributed by atoms with Crippen LogP contribution in [-0.4, -0.2) is 17.7 Å². The van der Waals surface area contributed by atoms with Crippen LogP contribution in [0.4, 0.5) is 10.1 Å². The number of amidine groups is 1. The number of fused-ring (bicyclic) bond motifs is 1. The molecule has 0 bridgehead atoms. The van der Waals surface area contributed by atoms with E-state index in [1.54, 1.807) is 30.3 Å². The van der Waals surface area contributed by atoms with E-state index < -0.39 is 0 Å². The number of hydrogen-bond acceptors (Lipinski definition) is 5. The van der Waals surface area contributed by atoms with E-state index in [-0.39, 0.29) is 11.7 Å². The van der Waals surface area contributed by atoms with Crippen molar-refractivity contribution < 1.29 is 18.7 Å². The van der Waals surface area contributed by atoms with Crippen molar-refractivity contribution in [3.63, 3.8) is 0 Å². The Morgan fingerprint density at radius 2 is 1.81 bits per heavy atom. The summed E-state index contributed by atoms with van der Waals surface area (Å²) in [5.74, 6) is 0.307. The number of halogens is 2. The minimum Gasteiger partial charge on any atom is -0.490 e. The number of thioether (sulfide) groups is 1. The van der Waals surface area contributed by atoms with Gasteiger partial charge in [-0.2, -0.15) is 0 Å². The van der Waals surface area contributed by atoms with Crippen LogP contribution in [0.1, 0.15) is 18.1 Å². The molecule has 1 aliphatic heterocycles. The van der Waals surface area contributed by atoms with E-state index in [4.69, 9.17) is 21.1 Å². The average Bonchev–Trinajstić information content (AvgIpc) is 3.23. The van der Waals surface area contributed by atoms with Gasteiger partial charge in [-0.25, -0.2) is 9.38 Å². The fourth-order valence-corrected chi connectivity index (χ4v) is 5.02. The zero-order chi connectivity index (χ0) is 25.8. The summed E-state index contributed by atoms with van der Waals surface area (Å²) in [7, 11) is 0. The highest BCUT2D eigenvalue weighted by molar-refractivity contribution is 8.18. The summed E-state index contributed by atoms with van der Waals surface area (Å²) in [6.45, 7) is 2.62. The average molecular weight is 533 g/mol. The van der Waals surface area contributed by atoms with Gasteiger partial charge in [-0.15, -0.1) is 0 Å². The monoisotopic (exact) mass is 532 g/mol. The highest BCUT2D eigenvalue weighted by atomic mass is 35.5. The van der Waals surface area contributed by atoms with Gasteiger partial charge in [0.25, 0.3) is 5.91 Å². The van der Waals surface area contributed by atoms with Crippen molar-refractivity contribution >= 4 is 57.0 Å². The van der Waals surface area contributed by atoms with Crippen LogP contribution in [0.25, 0.3) is 16.8 Å². The predicted octanol–water partition coefficient (Wildman–Crippen LogP) is 7.50. The standard InChI is InChI=1S/C29H22ClFN2O3S/c1-2-35-25-15-18(16-26-28(34)33-29(37-26)32-22-12-10-21(31)11-13-22)14-24(30)27(25)36-17-20-8-5-7-19-6-3-4-9-23(19)20/h3-16H,2,17H2,1H3,(H,32,33,34)/b26-16+. The second kappa shape index (κ2) is 11.1. The van der Waals surface area contributed by atoms with E-state index in [1.165, 1.54) is 23.9 Å². The van der Waals surface area contributed by atoms with Crippen molar-refractivity contribution in [2.24, 2.45) is 4.99 Å². The molecule has 1 N–H and O–H groups in total. The summed E-state index contributed by atoms with van der Waals surface area (Å²) in [6, 6.07) is 23.5. The molecule has 8 heteroatoms. The van der Waals surface area contributed by atoms with Crippen LogP contribution in [0.2, 0.25) is 5.02 Å². The lowest BCUT2D eigenvalue weighted by atomic mass is 10.1. The van der Waals surface area contributed by atoms with Crippen LogP contribution < -0.4 is 14.8 Å². The zero-order valence-corrected chi connectivity index (χ0v) is 21.4. The van der Waals surface area contributed by atoms with Crippen LogP contribution >= 0.6 is 23.4 Å². The van der Waals surface area contributed by atoms with Crippen molar-refractivity contribution in [1.82, 2.24) is 5.32 Å². The lowest BCUT2D eigenvalue weighted by Crippen LogP contribution is -2.19. The van der Waals surface area contributed by atoms with E-state index in [0.29, 0.717) is 51.1 Å². The molecule has 186 valence electrons. The largest absolute Gasteiger partial charge is 0.490 e. The van der Waals surface area contributed by atoms with Crippen LogP contribution in [0.15, 0.2) is 88.8 Å². The second-order valence-corrected chi connectivity index (χ2v) is 9.59. The number of carbonyl (C=O) groups is 1. The van der Waals surface area contributed by atoms with Gasteiger partial charge >= 0.3 is 0 Å². The van der Waals surface area contributed by atoms with E-state index in [1.807, 2.05) is 31.2 Å². The molecule has 1 aliphatic rings. The molecule has 4 aromatic carbocycles. The maximum Gasteiger partial charge on any atom is 0.264 e. The van der Waals surface area contributed by atoms with Gasteiger partial charge in [-0.1, -0.05) is 54.1 Å².